The SMILES string of the molecule is CC[C@H]1c2c(c(O[Si](C)(C)C(C)(C)C)c(C)c(OC)c2OC)C=C2[C@H]3c4c(cc(C)c(OC)c4OCc4ccccc4)C[C@@H](C(=O)N21)N3C. The zero-order valence-electron chi connectivity index (χ0n) is 31.2. The first-order valence-electron chi connectivity index (χ1n) is 17.3. The van der Waals surface area contributed by atoms with Gasteiger partial charge in [0.05, 0.1) is 39.5 Å². The van der Waals surface area contributed by atoms with E-state index in [1.54, 1.807) is 21.3 Å². The van der Waals surface area contributed by atoms with Gasteiger partial charge >= 0.3 is 0 Å². The van der Waals surface area contributed by atoms with Crippen LogP contribution in [0.3, 0.4) is 0 Å². The second kappa shape index (κ2) is 12.7. The van der Waals surface area contributed by atoms with Crippen molar-refractivity contribution < 1.29 is 28.2 Å². The molecule has 1 fully saturated rings. The molecule has 3 heterocycles. The van der Waals surface area contributed by atoms with Crippen molar-refractivity contribution >= 4 is 20.3 Å². The van der Waals surface area contributed by atoms with Crippen molar-refractivity contribution in [3.8, 4) is 28.7 Å². The molecule has 3 aromatic rings. The Kier molecular flexibility index (Phi) is 9.07. The molecule has 49 heavy (non-hydrogen) atoms. The number of carbonyl (C=O) groups is 1. The number of hydrogen-bond acceptors (Lipinski definition) is 7. The van der Waals surface area contributed by atoms with Gasteiger partial charge in [0.1, 0.15) is 12.4 Å². The minimum atomic E-state index is -2.31. The van der Waals surface area contributed by atoms with Crippen LogP contribution in [0.25, 0.3) is 6.08 Å². The Bertz CT molecular complexity index is 1810. The van der Waals surface area contributed by atoms with E-state index in [4.69, 9.17) is 23.4 Å². The lowest BCUT2D eigenvalue weighted by atomic mass is 9.77. The summed E-state index contributed by atoms with van der Waals surface area (Å²) < 4.78 is 32.2. The van der Waals surface area contributed by atoms with Gasteiger partial charge in [-0.2, -0.15) is 0 Å². The van der Waals surface area contributed by atoms with E-state index in [1.165, 1.54) is 0 Å². The summed E-state index contributed by atoms with van der Waals surface area (Å²) in [6.07, 6.45) is 3.44. The molecule has 8 nitrogen and oxygen atoms in total. The molecule has 0 unspecified atom stereocenters. The zero-order valence-corrected chi connectivity index (χ0v) is 32.2. The van der Waals surface area contributed by atoms with Crippen molar-refractivity contribution in [3.63, 3.8) is 0 Å². The summed E-state index contributed by atoms with van der Waals surface area (Å²) in [5.41, 5.74) is 7.91. The molecule has 1 amide bonds. The molecule has 9 heteroatoms. The van der Waals surface area contributed by atoms with Crippen LogP contribution in [0.15, 0.2) is 42.1 Å². The summed E-state index contributed by atoms with van der Waals surface area (Å²) in [5.74, 6) is 3.64. The lowest BCUT2D eigenvalue weighted by Crippen LogP contribution is -2.59. The van der Waals surface area contributed by atoms with E-state index in [2.05, 4.69) is 77.0 Å². The molecule has 1 saturated heterocycles. The number of amides is 1. The highest BCUT2D eigenvalue weighted by Gasteiger charge is 2.53. The Hall–Kier alpha value is -3.95. The summed E-state index contributed by atoms with van der Waals surface area (Å²) in [6, 6.07) is 11.5. The molecule has 3 aliphatic rings. The average Bonchev–Trinajstić information content (AvgIpc) is 3.06. The zero-order chi connectivity index (χ0) is 35.6. The molecule has 262 valence electrons. The van der Waals surface area contributed by atoms with Crippen LogP contribution in [0.4, 0.5) is 0 Å². The van der Waals surface area contributed by atoms with Crippen molar-refractivity contribution in [2.45, 2.75) is 97.2 Å². The van der Waals surface area contributed by atoms with E-state index in [0.717, 1.165) is 61.9 Å². The summed E-state index contributed by atoms with van der Waals surface area (Å²) in [7, 11) is 4.81. The third-order valence-corrected chi connectivity index (χ3v) is 15.5. The Morgan fingerprint density at radius 2 is 1.55 bits per heavy atom. The van der Waals surface area contributed by atoms with E-state index in [1.807, 2.05) is 36.9 Å². The van der Waals surface area contributed by atoms with Crippen LogP contribution in [0.2, 0.25) is 18.1 Å². The first-order chi connectivity index (χ1) is 23.2. The van der Waals surface area contributed by atoms with Gasteiger partial charge in [-0.05, 0) is 74.6 Å². The fraction of sp³-hybridized carbons (Fsp3) is 0.475. The molecule has 3 aromatic carbocycles. The van der Waals surface area contributed by atoms with E-state index >= 15 is 0 Å². The third kappa shape index (κ3) is 5.49. The van der Waals surface area contributed by atoms with E-state index in [-0.39, 0.29) is 29.1 Å². The molecule has 0 aliphatic carbocycles. The number of likely N-dealkylation sites (N-methyl/N-ethyl adjacent to an activating group) is 1. The Labute approximate surface area is 293 Å². The summed E-state index contributed by atoms with van der Waals surface area (Å²) in [4.78, 5) is 19.0. The third-order valence-electron chi connectivity index (χ3n) is 11.2. The summed E-state index contributed by atoms with van der Waals surface area (Å²) in [6.45, 7) is 17.9. The molecule has 2 bridgehead atoms. The summed E-state index contributed by atoms with van der Waals surface area (Å²) >= 11 is 0. The Morgan fingerprint density at radius 1 is 0.898 bits per heavy atom. The van der Waals surface area contributed by atoms with Gasteiger partial charge in [-0.3, -0.25) is 9.69 Å². The van der Waals surface area contributed by atoms with Crippen molar-refractivity contribution in [3.05, 3.63) is 81.0 Å². The highest BCUT2D eigenvalue weighted by molar-refractivity contribution is 6.74. The van der Waals surface area contributed by atoms with E-state index in [0.29, 0.717) is 30.9 Å². The molecular weight excluding hydrogens is 633 g/mol. The van der Waals surface area contributed by atoms with Crippen molar-refractivity contribution in [1.29, 1.82) is 0 Å². The second-order valence-electron chi connectivity index (χ2n) is 15.1. The molecular formula is C40H52N2O6Si. The van der Waals surface area contributed by atoms with Crippen molar-refractivity contribution in [1.82, 2.24) is 9.80 Å². The fourth-order valence-electron chi connectivity index (χ4n) is 7.67. The van der Waals surface area contributed by atoms with E-state index < -0.39 is 8.32 Å². The molecule has 0 radical (unpaired) electrons. The fourth-order valence-corrected chi connectivity index (χ4v) is 8.75. The molecule has 3 atom stereocenters. The van der Waals surface area contributed by atoms with Crippen molar-refractivity contribution in [2.75, 3.05) is 28.4 Å². The van der Waals surface area contributed by atoms with Gasteiger partial charge in [-0.1, -0.05) is 64.1 Å². The smallest absolute Gasteiger partial charge is 0.250 e. The minimum absolute atomic E-state index is 0.0343. The number of fused-ring (bicyclic) bond motifs is 7. The molecule has 0 spiro atoms. The number of piperazine rings is 1. The van der Waals surface area contributed by atoms with Crippen LogP contribution in [-0.2, 0) is 17.8 Å². The van der Waals surface area contributed by atoms with Crippen LogP contribution in [0.1, 0.15) is 85.1 Å². The van der Waals surface area contributed by atoms with E-state index in [9.17, 15) is 4.79 Å². The summed E-state index contributed by atoms with van der Waals surface area (Å²) in [5, 5.41) is -0.0343. The highest BCUT2D eigenvalue weighted by Crippen LogP contribution is 2.59. The van der Waals surface area contributed by atoms with Crippen LogP contribution in [0, 0.1) is 13.8 Å². The van der Waals surface area contributed by atoms with Crippen LogP contribution >= 0.6 is 0 Å². The normalized spacial score (nSPS) is 20.2. The molecule has 0 saturated carbocycles. The lowest BCUT2D eigenvalue weighted by Gasteiger charge is -2.54. The molecule has 0 aromatic heterocycles. The maximum absolute atomic E-state index is 14.7. The van der Waals surface area contributed by atoms with Gasteiger partial charge < -0.3 is 28.3 Å². The first kappa shape index (κ1) is 34.9. The van der Waals surface area contributed by atoms with Gasteiger partial charge in [-0.25, -0.2) is 0 Å². The maximum atomic E-state index is 14.7. The van der Waals surface area contributed by atoms with Gasteiger partial charge in [0.2, 0.25) is 5.91 Å². The molecule has 6 rings (SSSR count). The predicted molar refractivity (Wildman–Crippen MR) is 196 cm³/mol. The second-order valence-corrected chi connectivity index (χ2v) is 19.8. The number of benzene rings is 3. The van der Waals surface area contributed by atoms with Gasteiger partial charge in [0.15, 0.2) is 23.0 Å². The molecule has 0 N–H and O–H groups in total. The average molecular weight is 685 g/mol. The van der Waals surface area contributed by atoms with Gasteiger partial charge in [0.25, 0.3) is 8.32 Å². The number of nitrogens with zero attached hydrogens (tertiary/aromatic N) is 2. The number of rotatable bonds is 9. The van der Waals surface area contributed by atoms with Crippen molar-refractivity contribution in [2.24, 2.45) is 0 Å². The standard InChI is InChI=1S/C40H52N2O6Si/c1-13-28-32-27(35(48-49(11,12)40(4,5)6)24(3)36(45-9)37(32)46-10)21-29-33-31-26(20-30(41(33)7)39(43)42(28)29)19-23(2)34(44-8)38(31)47-22-25-17-15-14-16-18-25/h14-19,21,28,30,33H,13,20,22H2,1-12H3/t28-,30-,33-/m0/s1. The number of methoxy groups -OCH3 is 3. The van der Waals surface area contributed by atoms with Gasteiger partial charge in [0, 0.05) is 28.0 Å². The topological polar surface area (TPSA) is 69.7 Å². The minimum Gasteiger partial charge on any atom is -0.543 e. The molecule has 3 aliphatic heterocycles. The van der Waals surface area contributed by atoms with Crippen LogP contribution in [-0.4, -0.2) is 58.4 Å². The monoisotopic (exact) mass is 684 g/mol. The number of ether oxygens (including phenoxy) is 4. The number of carbonyl (C=O) groups excluding carboxylic acids is 1. The first-order valence-corrected chi connectivity index (χ1v) is 20.2. The number of aryl methyl sites for hydroxylation is 1. The van der Waals surface area contributed by atoms with Crippen LogP contribution in [0.5, 0.6) is 28.7 Å². The van der Waals surface area contributed by atoms with Crippen LogP contribution < -0.4 is 23.4 Å². The quantitative estimate of drug-likeness (QED) is 0.209. The Balaban J connectivity index is 1.64. The maximum Gasteiger partial charge on any atom is 0.250 e. The van der Waals surface area contributed by atoms with Gasteiger partial charge in [-0.15, -0.1) is 0 Å². The number of hydrogen-bond donors (Lipinski definition) is 0. The highest BCUT2D eigenvalue weighted by atomic mass is 28.4. The lowest BCUT2D eigenvalue weighted by molar-refractivity contribution is -0.143. The predicted octanol–water partition coefficient (Wildman–Crippen LogP) is 8.54. The largest absolute Gasteiger partial charge is 0.543 e. The Morgan fingerprint density at radius 3 is 2.14 bits per heavy atom.